The van der Waals surface area contributed by atoms with E-state index in [1.54, 1.807) is 6.08 Å². The smallest absolute Gasteiger partial charge is 0.221 e. The Bertz CT molecular complexity index is 554. The van der Waals surface area contributed by atoms with Crippen molar-refractivity contribution in [3.63, 3.8) is 0 Å². The molecule has 1 aromatic carbocycles. The molecule has 1 aliphatic rings. The molecule has 0 saturated carbocycles. The summed E-state index contributed by atoms with van der Waals surface area (Å²) in [7, 11) is 0. The number of allylic oxidation sites excluding steroid dienone is 1. The zero-order valence-electron chi connectivity index (χ0n) is 12.4. The summed E-state index contributed by atoms with van der Waals surface area (Å²) in [6, 6.07) is 8.59. The van der Waals surface area contributed by atoms with Gasteiger partial charge in [-0.1, -0.05) is 42.2 Å². The highest BCUT2D eigenvalue weighted by molar-refractivity contribution is 5.76. The van der Waals surface area contributed by atoms with Gasteiger partial charge >= 0.3 is 0 Å². The molecule has 0 aliphatic carbocycles. The maximum atomic E-state index is 11.4. The van der Waals surface area contributed by atoms with Crippen LogP contribution in [-0.2, 0) is 17.8 Å². The standard InChI is InChI=1S/C18H22N2O/c1-2-3-10-18(21)19-12-6-7-13-20-14-11-16-8-4-5-9-17(16)15-20/h2,4-5,8-9H,1,3,10-15H2,(H,19,21). The number of rotatable bonds is 5. The summed E-state index contributed by atoms with van der Waals surface area (Å²) in [4.78, 5) is 13.7. The predicted octanol–water partition coefficient (Wildman–Crippen LogP) is 2.13. The molecule has 0 atom stereocenters. The molecular formula is C18H22N2O. The molecule has 3 nitrogen and oxygen atoms in total. The minimum absolute atomic E-state index is 0.0381. The Kier molecular flexibility index (Phi) is 6.05. The van der Waals surface area contributed by atoms with Gasteiger partial charge in [0.05, 0.1) is 13.1 Å². The van der Waals surface area contributed by atoms with Crippen LogP contribution in [-0.4, -0.2) is 30.4 Å². The van der Waals surface area contributed by atoms with Gasteiger partial charge in [-0.3, -0.25) is 9.69 Å². The molecule has 0 spiro atoms. The number of benzene rings is 1. The molecule has 1 N–H and O–H groups in total. The minimum atomic E-state index is 0.0381. The van der Waals surface area contributed by atoms with Crippen LogP contribution in [0.5, 0.6) is 0 Å². The lowest BCUT2D eigenvalue weighted by Crippen LogP contribution is -2.30. The van der Waals surface area contributed by atoms with E-state index in [-0.39, 0.29) is 5.91 Å². The summed E-state index contributed by atoms with van der Waals surface area (Å²) in [6.07, 6.45) is 4.05. The Morgan fingerprint density at radius 2 is 2.14 bits per heavy atom. The second kappa shape index (κ2) is 8.28. The summed E-state index contributed by atoms with van der Waals surface area (Å²) in [5.74, 6) is 6.19. The normalized spacial score (nSPS) is 13.7. The van der Waals surface area contributed by atoms with Gasteiger partial charge in [-0.15, -0.1) is 6.58 Å². The summed E-state index contributed by atoms with van der Waals surface area (Å²) >= 11 is 0. The highest BCUT2D eigenvalue weighted by atomic mass is 16.1. The van der Waals surface area contributed by atoms with Crippen molar-refractivity contribution >= 4 is 5.91 Å². The lowest BCUT2D eigenvalue weighted by Gasteiger charge is -2.26. The van der Waals surface area contributed by atoms with Gasteiger partial charge in [0.15, 0.2) is 0 Å². The third kappa shape index (κ3) is 5.09. The van der Waals surface area contributed by atoms with Crippen molar-refractivity contribution in [1.29, 1.82) is 0 Å². The first kappa shape index (κ1) is 15.3. The van der Waals surface area contributed by atoms with Crippen molar-refractivity contribution in [3.05, 3.63) is 48.0 Å². The van der Waals surface area contributed by atoms with Crippen LogP contribution in [0.4, 0.5) is 0 Å². The van der Waals surface area contributed by atoms with E-state index in [1.807, 2.05) is 0 Å². The van der Waals surface area contributed by atoms with E-state index in [0.29, 0.717) is 19.4 Å². The Morgan fingerprint density at radius 1 is 1.33 bits per heavy atom. The number of nitrogens with zero attached hydrogens (tertiary/aromatic N) is 1. The largest absolute Gasteiger partial charge is 0.345 e. The van der Waals surface area contributed by atoms with Crippen LogP contribution in [0.2, 0.25) is 0 Å². The molecule has 1 heterocycles. The van der Waals surface area contributed by atoms with E-state index in [1.165, 1.54) is 11.1 Å². The number of nitrogens with one attached hydrogen (secondary N) is 1. The van der Waals surface area contributed by atoms with Gasteiger partial charge in [-0.2, -0.15) is 0 Å². The average Bonchev–Trinajstić information content (AvgIpc) is 2.52. The SMILES string of the molecule is C=CCCC(=O)NCC#CCN1CCc2ccccc2C1. The summed E-state index contributed by atoms with van der Waals surface area (Å²) < 4.78 is 0. The van der Waals surface area contributed by atoms with Gasteiger partial charge in [0.1, 0.15) is 0 Å². The third-order valence-corrected chi connectivity index (χ3v) is 3.59. The van der Waals surface area contributed by atoms with E-state index >= 15 is 0 Å². The van der Waals surface area contributed by atoms with Crippen LogP contribution >= 0.6 is 0 Å². The van der Waals surface area contributed by atoms with E-state index in [0.717, 1.165) is 26.1 Å². The molecule has 2 rings (SSSR count). The lowest BCUT2D eigenvalue weighted by atomic mass is 10.0. The van der Waals surface area contributed by atoms with Crippen molar-refractivity contribution in [2.24, 2.45) is 0 Å². The first-order chi connectivity index (χ1) is 10.3. The molecule has 110 valence electrons. The molecule has 0 fully saturated rings. The second-order valence-electron chi connectivity index (χ2n) is 5.19. The van der Waals surface area contributed by atoms with E-state index < -0.39 is 0 Å². The van der Waals surface area contributed by atoms with Crippen LogP contribution in [0.15, 0.2) is 36.9 Å². The van der Waals surface area contributed by atoms with Crippen molar-refractivity contribution in [2.75, 3.05) is 19.6 Å². The van der Waals surface area contributed by atoms with Gasteiger partial charge in [0.2, 0.25) is 5.91 Å². The molecule has 3 heteroatoms. The molecular weight excluding hydrogens is 260 g/mol. The Labute approximate surface area is 127 Å². The fraction of sp³-hybridized carbons (Fsp3) is 0.389. The average molecular weight is 282 g/mol. The molecule has 1 aliphatic heterocycles. The fourth-order valence-corrected chi connectivity index (χ4v) is 2.38. The maximum absolute atomic E-state index is 11.4. The van der Waals surface area contributed by atoms with Crippen LogP contribution in [0, 0.1) is 11.8 Å². The van der Waals surface area contributed by atoms with Crippen LogP contribution in [0.1, 0.15) is 24.0 Å². The number of amides is 1. The Balaban J connectivity index is 1.69. The van der Waals surface area contributed by atoms with E-state index in [9.17, 15) is 4.79 Å². The van der Waals surface area contributed by atoms with Crippen molar-refractivity contribution < 1.29 is 4.79 Å². The molecule has 0 saturated heterocycles. The molecule has 0 bridgehead atoms. The lowest BCUT2D eigenvalue weighted by molar-refractivity contribution is -0.120. The zero-order chi connectivity index (χ0) is 14.9. The molecule has 0 aromatic heterocycles. The van der Waals surface area contributed by atoms with Gasteiger partial charge in [0.25, 0.3) is 0 Å². The molecule has 21 heavy (non-hydrogen) atoms. The van der Waals surface area contributed by atoms with E-state index in [2.05, 4.69) is 52.9 Å². The quantitative estimate of drug-likeness (QED) is 0.663. The summed E-state index contributed by atoms with van der Waals surface area (Å²) in [5.41, 5.74) is 2.86. The van der Waals surface area contributed by atoms with Crippen molar-refractivity contribution in [1.82, 2.24) is 10.2 Å². The van der Waals surface area contributed by atoms with Gasteiger partial charge < -0.3 is 5.32 Å². The summed E-state index contributed by atoms with van der Waals surface area (Å²) in [5, 5.41) is 2.79. The maximum Gasteiger partial charge on any atom is 0.221 e. The Hall–Kier alpha value is -2.05. The van der Waals surface area contributed by atoms with Crippen molar-refractivity contribution in [3.8, 4) is 11.8 Å². The molecule has 1 aromatic rings. The van der Waals surface area contributed by atoms with Crippen molar-refractivity contribution in [2.45, 2.75) is 25.8 Å². The minimum Gasteiger partial charge on any atom is -0.345 e. The number of fused-ring (bicyclic) bond motifs is 1. The van der Waals surface area contributed by atoms with E-state index in [4.69, 9.17) is 0 Å². The Morgan fingerprint density at radius 3 is 2.95 bits per heavy atom. The topological polar surface area (TPSA) is 32.3 Å². The predicted molar refractivity (Wildman–Crippen MR) is 85.6 cm³/mol. The monoisotopic (exact) mass is 282 g/mol. The number of hydrogen-bond acceptors (Lipinski definition) is 2. The van der Waals surface area contributed by atoms with Crippen LogP contribution in [0.25, 0.3) is 0 Å². The second-order valence-corrected chi connectivity index (χ2v) is 5.19. The number of carbonyl (C=O) groups is 1. The zero-order valence-corrected chi connectivity index (χ0v) is 12.4. The van der Waals surface area contributed by atoms with Crippen LogP contribution in [0.3, 0.4) is 0 Å². The highest BCUT2D eigenvalue weighted by Gasteiger charge is 2.13. The van der Waals surface area contributed by atoms with Gasteiger partial charge in [0, 0.05) is 19.5 Å². The number of carbonyl (C=O) groups excluding carboxylic acids is 1. The highest BCUT2D eigenvalue weighted by Crippen LogP contribution is 2.17. The fourth-order valence-electron chi connectivity index (χ4n) is 2.38. The van der Waals surface area contributed by atoms with Crippen LogP contribution < -0.4 is 5.32 Å². The van der Waals surface area contributed by atoms with Gasteiger partial charge in [-0.25, -0.2) is 0 Å². The molecule has 0 unspecified atom stereocenters. The first-order valence-corrected chi connectivity index (χ1v) is 7.42. The van der Waals surface area contributed by atoms with Gasteiger partial charge in [-0.05, 0) is 24.0 Å². The summed E-state index contributed by atoms with van der Waals surface area (Å²) in [6.45, 7) is 6.81. The molecule has 0 radical (unpaired) electrons. The first-order valence-electron chi connectivity index (χ1n) is 7.42. The third-order valence-electron chi connectivity index (χ3n) is 3.59. The number of hydrogen-bond donors (Lipinski definition) is 1. The molecule has 1 amide bonds.